The second-order valence-corrected chi connectivity index (χ2v) is 4.46. The van der Waals surface area contributed by atoms with E-state index in [1.807, 2.05) is 6.92 Å². The Morgan fingerprint density at radius 3 is 2.40 bits per heavy atom. The summed E-state index contributed by atoms with van der Waals surface area (Å²) in [6.07, 6.45) is 3.54. The molecular weight excluding hydrogens is 190 g/mol. The average Bonchev–Trinajstić information content (AvgIpc) is 2.13. The number of nitrogens with zero attached hydrogens (tertiary/aromatic N) is 1. The molecule has 0 radical (unpaired) electrons. The van der Waals surface area contributed by atoms with Crippen LogP contribution in [0.1, 0.15) is 47.0 Å². The number of carbonyl (C=O) groups is 1. The largest absolute Gasteiger partial charge is 0.350 e. The molecule has 0 aliphatic rings. The highest BCUT2D eigenvalue weighted by atomic mass is 16.2. The van der Waals surface area contributed by atoms with E-state index in [1.54, 1.807) is 0 Å². The third-order valence-electron chi connectivity index (χ3n) is 2.47. The number of hydrogen-bond donors (Lipinski definition) is 2. The minimum absolute atomic E-state index is 0.399. The van der Waals surface area contributed by atoms with Gasteiger partial charge in [-0.1, -0.05) is 33.6 Å². The summed E-state index contributed by atoms with van der Waals surface area (Å²) in [5, 5.41) is 3.91. The van der Waals surface area contributed by atoms with Crippen LogP contribution < -0.4 is 11.2 Å². The molecule has 3 N–H and O–H groups in total. The number of rotatable bonds is 6. The molecule has 0 bridgehead atoms. The van der Waals surface area contributed by atoms with Gasteiger partial charge in [-0.2, -0.15) is 5.10 Å². The molecule has 2 amide bonds. The zero-order chi connectivity index (χ0) is 11.8. The molecule has 0 rings (SSSR count). The van der Waals surface area contributed by atoms with Crippen LogP contribution in [0.4, 0.5) is 4.79 Å². The molecule has 0 saturated carbocycles. The molecule has 0 spiro atoms. The number of urea groups is 1. The fraction of sp³-hybridized carbons (Fsp3) is 0.818. The second kappa shape index (κ2) is 7.26. The Balaban J connectivity index is 3.82. The Labute approximate surface area is 92.3 Å². The van der Waals surface area contributed by atoms with E-state index in [1.165, 1.54) is 12.8 Å². The smallest absolute Gasteiger partial charge is 0.332 e. The molecule has 0 aliphatic carbocycles. The lowest BCUT2D eigenvalue weighted by Crippen LogP contribution is -2.26. The molecule has 4 nitrogen and oxygen atoms in total. The Morgan fingerprint density at radius 1 is 1.33 bits per heavy atom. The third-order valence-corrected chi connectivity index (χ3v) is 2.47. The fourth-order valence-electron chi connectivity index (χ4n) is 1.29. The molecule has 0 saturated heterocycles. The summed E-state index contributed by atoms with van der Waals surface area (Å²) in [5.41, 5.74) is 8.10. The first-order chi connectivity index (χ1) is 6.93. The number of nitrogens with one attached hydrogen (secondary N) is 1. The Bertz CT molecular complexity index is 224. The zero-order valence-electron chi connectivity index (χ0n) is 10.2. The Morgan fingerprint density at radius 2 is 1.93 bits per heavy atom. The van der Waals surface area contributed by atoms with Crippen molar-refractivity contribution in [2.24, 2.45) is 22.7 Å². The van der Waals surface area contributed by atoms with Gasteiger partial charge in [0.05, 0.1) is 0 Å². The van der Waals surface area contributed by atoms with Crippen molar-refractivity contribution in [1.29, 1.82) is 0 Å². The number of amides is 2. The maximum Gasteiger partial charge on any atom is 0.332 e. The molecule has 0 aromatic heterocycles. The van der Waals surface area contributed by atoms with Crippen LogP contribution in [0.25, 0.3) is 0 Å². The summed E-state index contributed by atoms with van der Waals surface area (Å²) < 4.78 is 0. The van der Waals surface area contributed by atoms with Gasteiger partial charge in [-0.25, -0.2) is 10.2 Å². The quantitative estimate of drug-likeness (QED) is 0.516. The lowest BCUT2D eigenvalue weighted by Gasteiger charge is -2.11. The minimum Gasteiger partial charge on any atom is -0.350 e. The molecule has 0 aromatic carbocycles. The predicted octanol–water partition coefficient (Wildman–Crippen LogP) is 2.49. The van der Waals surface area contributed by atoms with Crippen molar-refractivity contribution < 1.29 is 4.79 Å². The van der Waals surface area contributed by atoms with E-state index in [2.05, 4.69) is 31.3 Å². The Kier molecular flexibility index (Phi) is 6.75. The molecular formula is C11H23N3O. The number of nitrogens with two attached hydrogens (primary N) is 1. The second-order valence-electron chi connectivity index (χ2n) is 4.46. The van der Waals surface area contributed by atoms with Crippen LogP contribution in [-0.4, -0.2) is 11.7 Å². The lowest BCUT2D eigenvalue weighted by molar-refractivity contribution is 0.249. The topological polar surface area (TPSA) is 67.5 Å². The van der Waals surface area contributed by atoms with Crippen molar-refractivity contribution in [2.45, 2.75) is 47.0 Å². The van der Waals surface area contributed by atoms with E-state index in [0.29, 0.717) is 5.92 Å². The van der Waals surface area contributed by atoms with E-state index in [0.717, 1.165) is 18.1 Å². The van der Waals surface area contributed by atoms with Gasteiger partial charge in [-0.05, 0) is 25.2 Å². The van der Waals surface area contributed by atoms with Crippen molar-refractivity contribution in [3.05, 3.63) is 0 Å². The van der Waals surface area contributed by atoms with E-state index < -0.39 is 6.03 Å². The van der Waals surface area contributed by atoms with Crippen LogP contribution in [0.3, 0.4) is 0 Å². The van der Waals surface area contributed by atoms with Crippen LogP contribution in [0, 0.1) is 11.8 Å². The Hall–Kier alpha value is -1.06. The molecule has 88 valence electrons. The highest BCUT2D eigenvalue weighted by Gasteiger charge is 2.06. The van der Waals surface area contributed by atoms with E-state index in [4.69, 9.17) is 5.73 Å². The highest BCUT2D eigenvalue weighted by Crippen LogP contribution is 2.13. The van der Waals surface area contributed by atoms with Crippen LogP contribution in [0.15, 0.2) is 5.10 Å². The lowest BCUT2D eigenvalue weighted by atomic mass is 9.97. The van der Waals surface area contributed by atoms with E-state index >= 15 is 0 Å². The monoisotopic (exact) mass is 213 g/mol. The van der Waals surface area contributed by atoms with Crippen LogP contribution in [0.2, 0.25) is 0 Å². The third kappa shape index (κ3) is 7.97. The molecule has 1 unspecified atom stereocenters. The number of hydrogen-bond acceptors (Lipinski definition) is 2. The first-order valence-electron chi connectivity index (χ1n) is 5.53. The maximum atomic E-state index is 10.4. The van der Waals surface area contributed by atoms with E-state index in [-0.39, 0.29) is 0 Å². The molecule has 0 fully saturated rings. The predicted molar refractivity (Wildman–Crippen MR) is 63.7 cm³/mol. The first kappa shape index (κ1) is 13.9. The first-order valence-corrected chi connectivity index (χ1v) is 5.53. The van der Waals surface area contributed by atoms with Gasteiger partial charge in [0, 0.05) is 5.71 Å². The summed E-state index contributed by atoms with van der Waals surface area (Å²) in [4.78, 5) is 10.4. The SMILES string of the molecule is C/C(=N\NC(N)=O)C(C)CCCC(C)C. The number of hydrazone groups is 1. The van der Waals surface area contributed by atoms with Gasteiger partial charge in [0.25, 0.3) is 0 Å². The summed E-state index contributed by atoms with van der Waals surface area (Å²) in [7, 11) is 0. The van der Waals surface area contributed by atoms with Gasteiger partial charge in [0.2, 0.25) is 0 Å². The van der Waals surface area contributed by atoms with Gasteiger partial charge in [-0.3, -0.25) is 0 Å². The minimum atomic E-state index is -0.608. The number of primary amides is 1. The van der Waals surface area contributed by atoms with Gasteiger partial charge < -0.3 is 5.73 Å². The molecule has 0 aliphatic heterocycles. The van der Waals surface area contributed by atoms with Gasteiger partial charge in [-0.15, -0.1) is 0 Å². The summed E-state index contributed by atoms with van der Waals surface area (Å²) in [6, 6.07) is -0.608. The standard InChI is InChI=1S/C11H23N3O/c1-8(2)6-5-7-9(3)10(4)13-14-11(12)15/h8-9H,5-7H2,1-4H3,(H3,12,14,15)/b13-10+. The van der Waals surface area contributed by atoms with Crippen molar-refractivity contribution in [3.8, 4) is 0 Å². The van der Waals surface area contributed by atoms with Gasteiger partial charge in [0.15, 0.2) is 0 Å². The molecule has 15 heavy (non-hydrogen) atoms. The summed E-state index contributed by atoms with van der Waals surface area (Å²) in [6.45, 7) is 8.47. The zero-order valence-corrected chi connectivity index (χ0v) is 10.2. The fourth-order valence-corrected chi connectivity index (χ4v) is 1.29. The highest BCUT2D eigenvalue weighted by molar-refractivity contribution is 5.85. The molecule has 1 atom stereocenters. The van der Waals surface area contributed by atoms with E-state index in [9.17, 15) is 4.79 Å². The van der Waals surface area contributed by atoms with Crippen molar-refractivity contribution >= 4 is 11.7 Å². The molecule has 0 aromatic rings. The van der Waals surface area contributed by atoms with Crippen LogP contribution in [0.5, 0.6) is 0 Å². The van der Waals surface area contributed by atoms with Crippen molar-refractivity contribution in [3.63, 3.8) is 0 Å². The average molecular weight is 213 g/mol. The summed E-state index contributed by atoms with van der Waals surface area (Å²) >= 11 is 0. The maximum absolute atomic E-state index is 10.4. The number of carbonyl (C=O) groups excluding carboxylic acids is 1. The normalized spacial score (nSPS) is 14.1. The van der Waals surface area contributed by atoms with Gasteiger partial charge >= 0.3 is 6.03 Å². The van der Waals surface area contributed by atoms with Gasteiger partial charge in [0.1, 0.15) is 0 Å². The van der Waals surface area contributed by atoms with Crippen molar-refractivity contribution in [2.75, 3.05) is 0 Å². The molecule has 4 heteroatoms. The van der Waals surface area contributed by atoms with Crippen molar-refractivity contribution in [1.82, 2.24) is 5.43 Å². The van der Waals surface area contributed by atoms with Crippen LogP contribution >= 0.6 is 0 Å². The van der Waals surface area contributed by atoms with Crippen LogP contribution in [-0.2, 0) is 0 Å². The summed E-state index contributed by atoms with van der Waals surface area (Å²) in [5.74, 6) is 1.15. The molecule has 0 heterocycles.